The number of hydrogen-bond acceptors (Lipinski definition) is 14. The number of piperazine rings is 1. The lowest BCUT2D eigenvalue weighted by molar-refractivity contribution is -0.149. The highest BCUT2D eigenvalue weighted by Crippen LogP contribution is 2.39. The SMILES string of the molecule is CC(C)c1cc(-c2nnc(O)n2-c2ccc(CN3CCN(C(=O)CCC(=O)OC[C@H](O)Cn4cnc5c(c(Nc6ccc(I)cc6F)c(F)c(=O)n5C)c4=O)CC3)c(F)c2)c(O)cc1O. The quantitative estimate of drug-likeness (QED) is 0.0754. The minimum absolute atomic E-state index is 0.0345. The number of carbonyl (C=O) groups is 2. The zero-order valence-electron chi connectivity index (χ0n) is 35.1. The van der Waals surface area contributed by atoms with Crippen LogP contribution >= 0.6 is 22.6 Å². The van der Waals surface area contributed by atoms with Crippen LogP contribution in [0.15, 0.2) is 64.4 Å². The number of phenolic OH excluding ortho intramolecular Hbond substituents is 2. The molecule has 0 spiro atoms. The summed E-state index contributed by atoms with van der Waals surface area (Å²) in [4.78, 5) is 59.4. The van der Waals surface area contributed by atoms with E-state index in [9.17, 15) is 44.0 Å². The molecule has 342 valence electrons. The lowest BCUT2D eigenvalue weighted by Crippen LogP contribution is -2.48. The Morgan fingerprint density at radius 3 is 2.34 bits per heavy atom. The molecule has 1 aliphatic heterocycles. The van der Waals surface area contributed by atoms with E-state index in [0.717, 1.165) is 15.5 Å². The number of aromatic hydroxyl groups is 3. The summed E-state index contributed by atoms with van der Waals surface area (Å²) < 4.78 is 54.2. The maximum Gasteiger partial charge on any atom is 0.319 e. The fourth-order valence-electron chi connectivity index (χ4n) is 7.42. The molecule has 1 fully saturated rings. The molecular formula is C43H43F3IN9O9. The fourth-order valence-corrected chi connectivity index (χ4v) is 7.87. The highest BCUT2D eigenvalue weighted by molar-refractivity contribution is 14.1. The normalized spacial score (nSPS) is 13.7. The van der Waals surface area contributed by atoms with E-state index < -0.39 is 65.5 Å². The van der Waals surface area contributed by atoms with Gasteiger partial charge in [0.2, 0.25) is 11.7 Å². The van der Waals surface area contributed by atoms with E-state index in [0.29, 0.717) is 40.9 Å². The molecule has 1 amide bonds. The van der Waals surface area contributed by atoms with E-state index in [1.54, 1.807) is 17.0 Å². The van der Waals surface area contributed by atoms with Crippen LogP contribution in [-0.2, 0) is 34.5 Å². The van der Waals surface area contributed by atoms with Crippen LogP contribution in [-0.4, -0.2) is 110 Å². The molecule has 1 atom stereocenters. The minimum Gasteiger partial charge on any atom is -0.508 e. The average Bonchev–Trinajstić information content (AvgIpc) is 3.65. The second kappa shape index (κ2) is 19.3. The van der Waals surface area contributed by atoms with Crippen molar-refractivity contribution in [2.75, 3.05) is 38.1 Å². The number of nitrogens with zero attached hydrogens (tertiary/aromatic N) is 8. The first-order valence-corrected chi connectivity index (χ1v) is 21.3. The van der Waals surface area contributed by atoms with Gasteiger partial charge in [0, 0.05) is 61.4 Å². The van der Waals surface area contributed by atoms with Crippen molar-refractivity contribution in [2.24, 2.45) is 7.05 Å². The Kier molecular flexibility index (Phi) is 13.8. The summed E-state index contributed by atoms with van der Waals surface area (Å²) in [6, 6.07) is 10.5. The largest absolute Gasteiger partial charge is 0.508 e. The Hall–Kier alpha value is -6.53. The Bertz CT molecular complexity index is 2940. The molecule has 3 aromatic carbocycles. The Morgan fingerprint density at radius 1 is 0.908 bits per heavy atom. The van der Waals surface area contributed by atoms with Crippen molar-refractivity contribution in [2.45, 2.75) is 51.8 Å². The molecule has 4 heterocycles. The number of halogens is 4. The van der Waals surface area contributed by atoms with Crippen LogP contribution in [0, 0.1) is 21.0 Å². The van der Waals surface area contributed by atoms with Crippen LogP contribution in [0.4, 0.5) is 24.5 Å². The lowest BCUT2D eigenvalue weighted by atomic mass is 9.98. The lowest BCUT2D eigenvalue weighted by Gasteiger charge is -2.34. The maximum atomic E-state index is 15.6. The molecule has 1 saturated heterocycles. The molecule has 18 nitrogen and oxygen atoms in total. The van der Waals surface area contributed by atoms with E-state index in [1.165, 1.54) is 48.0 Å². The van der Waals surface area contributed by atoms with Crippen LogP contribution in [0.1, 0.15) is 43.7 Å². The predicted molar refractivity (Wildman–Crippen MR) is 237 cm³/mol. The number of hydrogen-bond donors (Lipinski definition) is 5. The van der Waals surface area contributed by atoms with E-state index in [2.05, 4.69) is 20.5 Å². The van der Waals surface area contributed by atoms with Gasteiger partial charge in [0.15, 0.2) is 11.5 Å². The van der Waals surface area contributed by atoms with E-state index in [1.807, 2.05) is 41.3 Å². The summed E-state index contributed by atoms with van der Waals surface area (Å²) in [7, 11) is 1.22. The molecule has 5 N–H and O–H groups in total. The monoisotopic (exact) mass is 1010 g/mol. The third-order valence-electron chi connectivity index (χ3n) is 10.9. The molecule has 6 aromatic rings. The number of aliphatic hydroxyl groups is 1. The van der Waals surface area contributed by atoms with Crippen LogP contribution in [0.5, 0.6) is 17.5 Å². The van der Waals surface area contributed by atoms with Gasteiger partial charge in [-0.15, -0.1) is 5.10 Å². The van der Waals surface area contributed by atoms with Crippen molar-refractivity contribution in [1.82, 2.24) is 38.7 Å². The molecule has 3 aromatic heterocycles. The number of carbonyl (C=O) groups excluding carboxylic acids is 2. The van der Waals surface area contributed by atoms with E-state index in [4.69, 9.17) is 4.74 Å². The topological polar surface area (TPSA) is 230 Å². The first-order valence-electron chi connectivity index (χ1n) is 20.2. The number of anilines is 2. The average molecular weight is 1010 g/mol. The molecule has 0 unspecified atom stereocenters. The molecule has 0 radical (unpaired) electrons. The highest BCUT2D eigenvalue weighted by atomic mass is 127. The molecular weight excluding hydrogens is 970 g/mol. The summed E-state index contributed by atoms with van der Waals surface area (Å²) >= 11 is 1.89. The number of amides is 1. The van der Waals surface area contributed by atoms with Gasteiger partial charge in [-0.2, -0.15) is 4.39 Å². The number of rotatable bonds is 14. The van der Waals surface area contributed by atoms with Crippen molar-refractivity contribution in [3.63, 3.8) is 0 Å². The van der Waals surface area contributed by atoms with Gasteiger partial charge >= 0.3 is 12.0 Å². The number of pyridine rings is 1. The van der Waals surface area contributed by atoms with Crippen LogP contribution in [0.25, 0.3) is 28.1 Å². The van der Waals surface area contributed by atoms with Crippen molar-refractivity contribution in [1.29, 1.82) is 0 Å². The molecule has 0 saturated carbocycles. The maximum absolute atomic E-state index is 15.6. The van der Waals surface area contributed by atoms with Gasteiger partial charge in [0.05, 0.1) is 35.6 Å². The zero-order valence-corrected chi connectivity index (χ0v) is 37.3. The second-order valence-electron chi connectivity index (χ2n) is 15.7. The number of benzene rings is 3. The van der Waals surface area contributed by atoms with Crippen molar-refractivity contribution in [3.05, 3.63) is 108 Å². The minimum atomic E-state index is -1.44. The Balaban J connectivity index is 0.900. The molecule has 65 heavy (non-hydrogen) atoms. The number of aryl methyl sites for hydroxylation is 1. The molecule has 22 heteroatoms. The number of phenols is 2. The summed E-state index contributed by atoms with van der Waals surface area (Å²) in [5, 5.41) is 51.9. The van der Waals surface area contributed by atoms with Gasteiger partial charge in [0.25, 0.3) is 11.1 Å². The van der Waals surface area contributed by atoms with Gasteiger partial charge < -0.3 is 35.4 Å². The van der Waals surface area contributed by atoms with Gasteiger partial charge in [-0.05, 0) is 70.5 Å². The summed E-state index contributed by atoms with van der Waals surface area (Å²) in [5.74, 6) is -4.26. The summed E-state index contributed by atoms with van der Waals surface area (Å²) in [5.41, 5.74) is -1.73. The van der Waals surface area contributed by atoms with E-state index >= 15 is 8.78 Å². The Labute approximate surface area is 381 Å². The second-order valence-corrected chi connectivity index (χ2v) is 17.0. The third-order valence-corrected chi connectivity index (χ3v) is 11.6. The van der Waals surface area contributed by atoms with Gasteiger partial charge in [-0.1, -0.05) is 25.0 Å². The van der Waals surface area contributed by atoms with Gasteiger partial charge in [-0.3, -0.25) is 33.2 Å². The van der Waals surface area contributed by atoms with Crippen LogP contribution in [0.3, 0.4) is 0 Å². The van der Waals surface area contributed by atoms with Gasteiger partial charge in [0.1, 0.15) is 47.6 Å². The van der Waals surface area contributed by atoms with Gasteiger partial charge in [-0.25, -0.2) is 18.3 Å². The first-order chi connectivity index (χ1) is 30.9. The van der Waals surface area contributed by atoms with Crippen molar-refractivity contribution in [3.8, 4) is 34.6 Å². The number of aliphatic hydroxyl groups excluding tert-OH is 1. The highest BCUT2D eigenvalue weighted by Gasteiger charge is 2.26. The molecule has 1 aliphatic rings. The fraction of sp³-hybridized carbons (Fsp3) is 0.326. The number of nitrogens with one attached hydrogen (secondary N) is 1. The third kappa shape index (κ3) is 9.93. The predicted octanol–water partition coefficient (Wildman–Crippen LogP) is 4.38. The molecule has 0 aliphatic carbocycles. The number of aromatic nitrogens is 6. The number of esters is 1. The molecule has 7 rings (SSSR count). The Morgan fingerprint density at radius 2 is 1.65 bits per heavy atom. The standard InChI is InChI=1S/C43H43F3IN9O9/c1-22(2)27-16-28(33(59)17-32(27)58)39-50-51-43(64)56(39)25-6-4-23(29(44)15-25)18-53-10-12-54(13-11-53)34(60)8-9-35(61)65-20-26(57)19-55-21-48-40-36(41(55)62)38(37(46)42(63)52(40)3)49-31-7-5-24(47)14-30(31)45/h4-7,14-17,21-22,26,49,57-59H,8-13,18-20H2,1-3H3,(H,51,64)/t26-/m1/s1. The van der Waals surface area contributed by atoms with E-state index in [-0.39, 0.29) is 76.5 Å². The molecule has 0 bridgehead atoms. The number of fused-ring (bicyclic) bond motifs is 1. The van der Waals surface area contributed by atoms with Crippen LogP contribution < -0.4 is 16.4 Å². The summed E-state index contributed by atoms with van der Waals surface area (Å²) in [6.07, 6.45) is -0.883. The van der Waals surface area contributed by atoms with Crippen molar-refractivity contribution >= 4 is 56.9 Å². The smallest absolute Gasteiger partial charge is 0.319 e. The van der Waals surface area contributed by atoms with Crippen LogP contribution in [0.2, 0.25) is 0 Å². The van der Waals surface area contributed by atoms with Crippen molar-refractivity contribution < 1.29 is 47.9 Å². The summed E-state index contributed by atoms with van der Waals surface area (Å²) in [6.45, 7) is 4.35. The number of ether oxygens (including phenoxy) is 1. The zero-order chi connectivity index (χ0) is 46.9. The first kappa shape index (κ1) is 46.5.